The molecule has 0 aliphatic rings. The van der Waals surface area contributed by atoms with Crippen LogP contribution in [0.15, 0.2) is 12.1 Å². The Morgan fingerprint density at radius 3 is 2.50 bits per heavy atom. The summed E-state index contributed by atoms with van der Waals surface area (Å²) in [5, 5.41) is 9.56. The van der Waals surface area contributed by atoms with Crippen LogP contribution >= 0.6 is 11.6 Å². The van der Waals surface area contributed by atoms with Crippen LogP contribution in [0.1, 0.15) is 25.8 Å². The fourth-order valence-corrected chi connectivity index (χ4v) is 1.36. The molecule has 4 heteroatoms. The molecule has 0 saturated heterocycles. The van der Waals surface area contributed by atoms with Crippen LogP contribution in [0.4, 0.5) is 8.78 Å². The fourth-order valence-electron chi connectivity index (χ4n) is 1.20. The first-order valence-electron chi connectivity index (χ1n) is 4.26. The molecule has 0 bridgehead atoms. The molecule has 0 radical (unpaired) electrons. The van der Waals surface area contributed by atoms with Gasteiger partial charge in [0.1, 0.15) is 5.82 Å². The van der Waals surface area contributed by atoms with E-state index in [9.17, 15) is 13.9 Å². The smallest absolute Gasteiger partial charge is 0.150 e. The van der Waals surface area contributed by atoms with E-state index in [1.54, 1.807) is 6.92 Å². The summed E-state index contributed by atoms with van der Waals surface area (Å²) >= 11 is 5.50. The van der Waals surface area contributed by atoms with E-state index in [-0.39, 0.29) is 17.0 Å². The van der Waals surface area contributed by atoms with E-state index in [1.165, 1.54) is 6.92 Å². The lowest BCUT2D eigenvalue weighted by atomic mass is 9.92. The first-order valence-corrected chi connectivity index (χ1v) is 4.64. The van der Waals surface area contributed by atoms with E-state index in [4.69, 9.17) is 11.6 Å². The molecule has 1 aromatic rings. The highest BCUT2D eigenvalue weighted by molar-refractivity contribution is 6.30. The van der Waals surface area contributed by atoms with Crippen molar-refractivity contribution in [3.05, 3.63) is 34.4 Å². The molecule has 0 aromatic heterocycles. The van der Waals surface area contributed by atoms with Crippen molar-refractivity contribution >= 4 is 11.6 Å². The quantitative estimate of drug-likeness (QED) is 0.759. The van der Waals surface area contributed by atoms with E-state index in [1.807, 2.05) is 0 Å². The van der Waals surface area contributed by atoms with Gasteiger partial charge in [-0.25, -0.2) is 8.78 Å². The minimum Gasteiger partial charge on any atom is -0.385 e. The maximum absolute atomic E-state index is 13.4. The van der Waals surface area contributed by atoms with Crippen molar-refractivity contribution in [2.75, 3.05) is 0 Å². The second-order valence-electron chi connectivity index (χ2n) is 3.35. The van der Waals surface area contributed by atoms with Gasteiger partial charge in [0.05, 0.1) is 16.2 Å². The largest absolute Gasteiger partial charge is 0.385 e. The first kappa shape index (κ1) is 11.4. The van der Waals surface area contributed by atoms with Gasteiger partial charge in [0.25, 0.3) is 0 Å². The molecule has 0 aliphatic heterocycles. The molecule has 0 amide bonds. The van der Waals surface area contributed by atoms with Crippen LogP contribution < -0.4 is 0 Å². The molecule has 0 fully saturated rings. The van der Waals surface area contributed by atoms with Crippen molar-refractivity contribution < 1.29 is 13.9 Å². The summed E-state index contributed by atoms with van der Waals surface area (Å²) < 4.78 is 26.7. The molecule has 1 aromatic carbocycles. The molecule has 0 aliphatic carbocycles. The molecular formula is C10H11ClF2O. The molecule has 78 valence electrons. The zero-order chi connectivity index (χ0) is 10.9. The highest BCUT2D eigenvalue weighted by Gasteiger charge is 2.29. The van der Waals surface area contributed by atoms with Crippen LogP contribution in [-0.4, -0.2) is 5.11 Å². The number of hydrogen-bond acceptors (Lipinski definition) is 1. The predicted octanol–water partition coefficient (Wildman–Crippen LogP) is 3.24. The summed E-state index contributed by atoms with van der Waals surface area (Å²) in [6.45, 7) is 2.99. The number of benzene rings is 1. The van der Waals surface area contributed by atoms with Gasteiger partial charge in [0, 0.05) is 0 Å². The summed E-state index contributed by atoms with van der Waals surface area (Å²) in [5.41, 5.74) is -1.90. The highest BCUT2D eigenvalue weighted by Crippen LogP contribution is 2.32. The molecule has 1 rings (SSSR count). The topological polar surface area (TPSA) is 20.2 Å². The van der Waals surface area contributed by atoms with Gasteiger partial charge in [-0.2, -0.15) is 0 Å². The first-order chi connectivity index (χ1) is 6.40. The second kappa shape index (κ2) is 3.83. The summed E-state index contributed by atoms with van der Waals surface area (Å²) in [6.07, 6.45) is 0.210. The average molecular weight is 221 g/mol. The third kappa shape index (κ3) is 1.88. The Kier molecular flexibility index (Phi) is 3.12. The van der Waals surface area contributed by atoms with Crippen molar-refractivity contribution in [3.8, 4) is 0 Å². The summed E-state index contributed by atoms with van der Waals surface area (Å²) in [4.78, 5) is 0. The van der Waals surface area contributed by atoms with Crippen molar-refractivity contribution in [1.82, 2.24) is 0 Å². The second-order valence-corrected chi connectivity index (χ2v) is 3.75. The van der Waals surface area contributed by atoms with Crippen LogP contribution in [0.2, 0.25) is 5.02 Å². The number of halogens is 3. The van der Waals surface area contributed by atoms with Crippen LogP contribution in [0.3, 0.4) is 0 Å². The van der Waals surface area contributed by atoms with Crippen LogP contribution in [0.25, 0.3) is 0 Å². The maximum Gasteiger partial charge on any atom is 0.150 e. The number of aliphatic hydroxyl groups is 1. The van der Waals surface area contributed by atoms with Crippen molar-refractivity contribution in [2.24, 2.45) is 0 Å². The van der Waals surface area contributed by atoms with E-state index in [0.717, 1.165) is 12.1 Å². The van der Waals surface area contributed by atoms with Gasteiger partial charge in [-0.05, 0) is 25.5 Å². The Hall–Kier alpha value is -0.670. The van der Waals surface area contributed by atoms with Gasteiger partial charge in [0.15, 0.2) is 5.82 Å². The molecule has 14 heavy (non-hydrogen) atoms. The highest BCUT2D eigenvalue weighted by atomic mass is 35.5. The molecule has 1 nitrogen and oxygen atoms in total. The average Bonchev–Trinajstić information content (AvgIpc) is 2.12. The molecule has 0 heterocycles. The minimum atomic E-state index is -1.53. The molecule has 0 saturated carbocycles. The zero-order valence-corrected chi connectivity index (χ0v) is 8.70. The standard InChI is InChI=1S/C10H11ClF2O/c1-3-10(2,14)8-7(12)5-4-6(11)9(8)13/h4-5,14H,3H2,1-2H3. The summed E-state index contributed by atoms with van der Waals surface area (Å²) in [7, 11) is 0. The van der Waals surface area contributed by atoms with E-state index in [0.29, 0.717) is 0 Å². The van der Waals surface area contributed by atoms with Crippen LogP contribution in [0.5, 0.6) is 0 Å². The van der Waals surface area contributed by atoms with Gasteiger partial charge >= 0.3 is 0 Å². The van der Waals surface area contributed by atoms with Gasteiger partial charge in [0.2, 0.25) is 0 Å². The molecular weight excluding hydrogens is 210 g/mol. The van der Waals surface area contributed by atoms with E-state index >= 15 is 0 Å². The molecule has 0 spiro atoms. The summed E-state index contributed by atoms with van der Waals surface area (Å²) in [6, 6.07) is 2.17. The lowest BCUT2D eigenvalue weighted by molar-refractivity contribution is 0.0453. The normalized spacial score (nSPS) is 15.3. The van der Waals surface area contributed by atoms with E-state index < -0.39 is 17.2 Å². The predicted molar refractivity (Wildman–Crippen MR) is 51.2 cm³/mol. The lowest BCUT2D eigenvalue weighted by Crippen LogP contribution is -2.23. The SMILES string of the molecule is CCC(C)(O)c1c(F)ccc(Cl)c1F. The van der Waals surface area contributed by atoms with Crippen molar-refractivity contribution in [1.29, 1.82) is 0 Å². The fraction of sp³-hybridized carbons (Fsp3) is 0.400. The lowest BCUT2D eigenvalue weighted by Gasteiger charge is -2.23. The molecule has 1 N–H and O–H groups in total. The number of hydrogen-bond donors (Lipinski definition) is 1. The zero-order valence-electron chi connectivity index (χ0n) is 7.94. The van der Waals surface area contributed by atoms with Crippen LogP contribution in [-0.2, 0) is 5.60 Å². The Balaban J connectivity index is 3.40. The third-order valence-electron chi connectivity index (χ3n) is 2.27. The number of rotatable bonds is 2. The van der Waals surface area contributed by atoms with Gasteiger partial charge in [-0.15, -0.1) is 0 Å². The Morgan fingerprint density at radius 1 is 1.43 bits per heavy atom. The van der Waals surface area contributed by atoms with Crippen molar-refractivity contribution in [2.45, 2.75) is 25.9 Å². The molecule has 1 unspecified atom stereocenters. The Labute approximate surface area is 86.3 Å². The summed E-state index contributed by atoms with van der Waals surface area (Å²) in [5.74, 6) is -1.67. The Morgan fingerprint density at radius 2 is 2.00 bits per heavy atom. The van der Waals surface area contributed by atoms with Gasteiger partial charge in [-0.3, -0.25) is 0 Å². The van der Waals surface area contributed by atoms with Gasteiger partial charge in [-0.1, -0.05) is 18.5 Å². The molecule has 1 atom stereocenters. The van der Waals surface area contributed by atoms with Crippen molar-refractivity contribution in [3.63, 3.8) is 0 Å². The minimum absolute atomic E-state index is 0.185. The van der Waals surface area contributed by atoms with E-state index in [2.05, 4.69) is 0 Å². The van der Waals surface area contributed by atoms with Gasteiger partial charge < -0.3 is 5.11 Å². The maximum atomic E-state index is 13.4. The monoisotopic (exact) mass is 220 g/mol. The Bertz CT molecular complexity index is 350. The third-order valence-corrected chi connectivity index (χ3v) is 2.56. The van der Waals surface area contributed by atoms with Crippen LogP contribution in [0, 0.1) is 11.6 Å².